The van der Waals surface area contributed by atoms with Gasteiger partial charge in [-0.2, -0.15) is 0 Å². The summed E-state index contributed by atoms with van der Waals surface area (Å²) in [5, 5.41) is 9.39. The molecule has 10 heavy (non-hydrogen) atoms. The second-order valence-corrected chi connectivity index (χ2v) is 3.55. The Kier molecular flexibility index (Phi) is 1.82. The Balaban J connectivity index is 2.73. The zero-order chi connectivity index (χ0) is 7.78. The summed E-state index contributed by atoms with van der Waals surface area (Å²) in [7, 11) is 0. The van der Waals surface area contributed by atoms with E-state index in [9.17, 15) is 9.90 Å². The highest BCUT2D eigenvalue weighted by atomic mass is 16.3. The SMILES string of the molecule is CC1(C)C(=O)CCC[C@H]1O. The van der Waals surface area contributed by atoms with E-state index in [-0.39, 0.29) is 5.78 Å². The van der Waals surface area contributed by atoms with Crippen LogP contribution in [0.15, 0.2) is 0 Å². The van der Waals surface area contributed by atoms with E-state index < -0.39 is 11.5 Å². The molecular weight excluding hydrogens is 128 g/mol. The summed E-state index contributed by atoms with van der Waals surface area (Å²) in [5.41, 5.74) is -0.488. The van der Waals surface area contributed by atoms with Crippen molar-refractivity contribution in [2.24, 2.45) is 5.41 Å². The normalized spacial score (nSPS) is 32.3. The second kappa shape index (κ2) is 2.35. The number of aliphatic hydroxyl groups excluding tert-OH is 1. The van der Waals surface area contributed by atoms with E-state index in [0.717, 1.165) is 12.8 Å². The van der Waals surface area contributed by atoms with E-state index in [0.29, 0.717) is 6.42 Å². The summed E-state index contributed by atoms with van der Waals surface area (Å²) < 4.78 is 0. The van der Waals surface area contributed by atoms with Gasteiger partial charge in [-0.3, -0.25) is 4.79 Å². The lowest BCUT2D eigenvalue weighted by Crippen LogP contribution is -2.40. The number of rotatable bonds is 0. The van der Waals surface area contributed by atoms with Crippen LogP contribution in [0.5, 0.6) is 0 Å². The Morgan fingerprint density at radius 3 is 2.60 bits per heavy atom. The molecule has 0 spiro atoms. The Hall–Kier alpha value is -0.370. The van der Waals surface area contributed by atoms with E-state index in [1.807, 2.05) is 13.8 Å². The van der Waals surface area contributed by atoms with E-state index in [2.05, 4.69) is 0 Å². The topological polar surface area (TPSA) is 37.3 Å². The molecule has 0 aromatic carbocycles. The predicted molar refractivity (Wildman–Crippen MR) is 38.6 cm³/mol. The fraction of sp³-hybridized carbons (Fsp3) is 0.875. The van der Waals surface area contributed by atoms with Crippen LogP contribution in [0.3, 0.4) is 0 Å². The molecule has 0 aromatic heterocycles. The Morgan fingerprint density at radius 1 is 1.60 bits per heavy atom. The fourth-order valence-electron chi connectivity index (χ4n) is 1.32. The molecule has 1 saturated carbocycles. The molecule has 1 rings (SSSR count). The molecule has 0 unspecified atom stereocenters. The molecule has 0 aliphatic heterocycles. The second-order valence-electron chi connectivity index (χ2n) is 3.55. The van der Waals surface area contributed by atoms with E-state index in [1.54, 1.807) is 0 Å². The number of carbonyl (C=O) groups is 1. The zero-order valence-electron chi connectivity index (χ0n) is 6.55. The van der Waals surface area contributed by atoms with Crippen molar-refractivity contribution in [2.45, 2.75) is 39.2 Å². The van der Waals surface area contributed by atoms with Crippen LogP contribution in [0, 0.1) is 5.41 Å². The summed E-state index contributed by atoms with van der Waals surface area (Å²) in [6, 6.07) is 0. The number of carbonyl (C=O) groups excluding carboxylic acids is 1. The molecular formula is C8H14O2. The molecule has 0 bridgehead atoms. The van der Waals surface area contributed by atoms with E-state index >= 15 is 0 Å². The van der Waals surface area contributed by atoms with Crippen LogP contribution in [0.25, 0.3) is 0 Å². The van der Waals surface area contributed by atoms with Gasteiger partial charge in [0.25, 0.3) is 0 Å². The van der Waals surface area contributed by atoms with Crippen LogP contribution in [0.1, 0.15) is 33.1 Å². The molecule has 0 radical (unpaired) electrons. The van der Waals surface area contributed by atoms with Gasteiger partial charge in [0.15, 0.2) is 0 Å². The van der Waals surface area contributed by atoms with E-state index in [4.69, 9.17) is 0 Å². The third-order valence-corrected chi connectivity index (χ3v) is 2.43. The van der Waals surface area contributed by atoms with Gasteiger partial charge in [-0.05, 0) is 12.8 Å². The molecule has 2 heteroatoms. The lowest BCUT2D eigenvalue weighted by Gasteiger charge is -2.33. The van der Waals surface area contributed by atoms with Gasteiger partial charge in [-0.25, -0.2) is 0 Å². The van der Waals surface area contributed by atoms with Gasteiger partial charge in [0, 0.05) is 11.8 Å². The third kappa shape index (κ3) is 1.08. The van der Waals surface area contributed by atoms with Gasteiger partial charge in [0.1, 0.15) is 5.78 Å². The van der Waals surface area contributed by atoms with Gasteiger partial charge in [0.05, 0.1) is 6.10 Å². The van der Waals surface area contributed by atoms with Crippen molar-refractivity contribution >= 4 is 5.78 Å². The molecule has 58 valence electrons. The van der Waals surface area contributed by atoms with Gasteiger partial charge in [0.2, 0.25) is 0 Å². The van der Waals surface area contributed by atoms with Crippen LogP contribution in [0.4, 0.5) is 0 Å². The van der Waals surface area contributed by atoms with Crippen molar-refractivity contribution in [3.8, 4) is 0 Å². The van der Waals surface area contributed by atoms with Crippen LogP contribution >= 0.6 is 0 Å². The first-order valence-electron chi connectivity index (χ1n) is 3.76. The molecule has 0 aromatic rings. The first-order chi connectivity index (χ1) is 4.55. The number of hydrogen-bond acceptors (Lipinski definition) is 2. The number of aliphatic hydroxyl groups is 1. The first-order valence-corrected chi connectivity index (χ1v) is 3.76. The Morgan fingerprint density at radius 2 is 2.20 bits per heavy atom. The molecule has 2 nitrogen and oxygen atoms in total. The molecule has 0 amide bonds. The smallest absolute Gasteiger partial charge is 0.141 e. The standard InChI is InChI=1S/C8H14O2/c1-8(2)6(9)4-3-5-7(8)10/h6,9H,3-5H2,1-2H3/t6-/m1/s1. The monoisotopic (exact) mass is 142 g/mol. The Bertz CT molecular complexity index is 149. The van der Waals surface area contributed by atoms with Crippen molar-refractivity contribution in [3.05, 3.63) is 0 Å². The lowest BCUT2D eigenvalue weighted by atomic mass is 9.74. The highest BCUT2D eigenvalue weighted by Gasteiger charge is 2.37. The fourth-order valence-corrected chi connectivity index (χ4v) is 1.32. The van der Waals surface area contributed by atoms with Crippen LogP contribution in [0.2, 0.25) is 0 Å². The minimum Gasteiger partial charge on any atom is -0.392 e. The van der Waals surface area contributed by atoms with Crippen molar-refractivity contribution in [3.63, 3.8) is 0 Å². The summed E-state index contributed by atoms with van der Waals surface area (Å²) in [6.45, 7) is 3.64. The van der Waals surface area contributed by atoms with E-state index in [1.165, 1.54) is 0 Å². The zero-order valence-corrected chi connectivity index (χ0v) is 6.55. The average molecular weight is 142 g/mol. The molecule has 1 atom stereocenters. The van der Waals surface area contributed by atoms with Crippen LogP contribution in [-0.4, -0.2) is 17.0 Å². The molecule has 0 saturated heterocycles. The van der Waals surface area contributed by atoms with Gasteiger partial charge >= 0.3 is 0 Å². The molecule has 1 aliphatic rings. The maximum atomic E-state index is 11.2. The van der Waals surface area contributed by atoms with Gasteiger partial charge in [-0.15, -0.1) is 0 Å². The molecule has 1 fully saturated rings. The quantitative estimate of drug-likeness (QED) is 0.550. The molecule has 1 N–H and O–H groups in total. The summed E-state index contributed by atoms with van der Waals surface area (Å²) in [6.07, 6.45) is 1.85. The Labute approximate surface area is 61.2 Å². The van der Waals surface area contributed by atoms with Crippen molar-refractivity contribution in [2.75, 3.05) is 0 Å². The van der Waals surface area contributed by atoms with Crippen LogP contribution in [-0.2, 0) is 4.79 Å². The maximum absolute atomic E-state index is 11.2. The van der Waals surface area contributed by atoms with Gasteiger partial charge < -0.3 is 5.11 Å². The minimum absolute atomic E-state index is 0.200. The molecule has 1 aliphatic carbocycles. The highest BCUT2D eigenvalue weighted by Crippen LogP contribution is 2.31. The largest absolute Gasteiger partial charge is 0.392 e. The van der Waals surface area contributed by atoms with Crippen molar-refractivity contribution in [1.82, 2.24) is 0 Å². The van der Waals surface area contributed by atoms with Crippen molar-refractivity contribution < 1.29 is 9.90 Å². The van der Waals surface area contributed by atoms with Gasteiger partial charge in [-0.1, -0.05) is 13.8 Å². The number of Topliss-reactive ketones (excluding diaryl/α,β-unsaturated/α-hetero) is 1. The third-order valence-electron chi connectivity index (χ3n) is 2.43. The summed E-state index contributed by atoms with van der Waals surface area (Å²) >= 11 is 0. The minimum atomic E-state index is -0.488. The average Bonchev–Trinajstić information content (AvgIpc) is 1.84. The predicted octanol–water partition coefficient (Wildman–Crippen LogP) is 1.13. The summed E-state index contributed by atoms with van der Waals surface area (Å²) in [4.78, 5) is 11.2. The lowest BCUT2D eigenvalue weighted by molar-refractivity contribution is -0.136. The maximum Gasteiger partial charge on any atom is 0.141 e. The van der Waals surface area contributed by atoms with Crippen molar-refractivity contribution in [1.29, 1.82) is 0 Å². The summed E-state index contributed by atoms with van der Waals surface area (Å²) in [5.74, 6) is 0.200. The number of hydrogen-bond donors (Lipinski definition) is 1. The molecule has 0 heterocycles. The number of ketones is 1. The van der Waals surface area contributed by atoms with Crippen LogP contribution < -0.4 is 0 Å². The first kappa shape index (κ1) is 7.73. The highest BCUT2D eigenvalue weighted by molar-refractivity contribution is 5.85.